The van der Waals surface area contributed by atoms with Gasteiger partial charge >= 0.3 is 0 Å². The normalized spacial score (nSPS) is 12.9. The Morgan fingerprint density at radius 2 is 2.12 bits per heavy atom. The third-order valence-corrected chi connectivity index (χ3v) is 1.89. The SMILES string of the molecule is C=CC(C#Cc1ccccc1)=N/C=C/C(C)[NH]. The number of rotatable bonds is 3. The summed E-state index contributed by atoms with van der Waals surface area (Å²) in [5.41, 5.74) is 8.84. The van der Waals surface area contributed by atoms with Gasteiger partial charge in [0.2, 0.25) is 0 Å². The van der Waals surface area contributed by atoms with E-state index in [0.29, 0.717) is 5.71 Å². The fraction of sp³-hybridized carbons (Fsp3) is 0.133. The van der Waals surface area contributed by atoms with Crippen LogP contribution in [0.25, 0.3) is 0 Å². The van der Waals surface area contributed by atoms with Crippen LogP contribution in [0.3, 0.4) is 0 Å². The van der Waals surface area contributed by atoms with Crippen LogP contribution in [0.15, 0.2) is 60.3 Å². The van der Waals surface area contributed by atoms with Gasteiger partial charge in [0.1, 0.15) is 5.71 Å². The molecule has 85 valence electrons. The minimum atomic E-state index is -0.258. The van der Waals surface area contributed by atoms with Gasteiger partial charge in [0.15, 0.2) is 0 Å². The molecule has 0 fully saturated rings. The van der Waals surface area contributed by atoms with E-state index in [1.54, 1.807) is 25.3 Å². The van der Waals surface area contributed by atoms with E-state index >= 15 is 0 Å². The summed E-state index contributed by atoms with van der Waals surface area (Å²) in [6, 6.07) is 9.45. The van der Waals surface area contributed by atoms with Gasteiger partial charge < -0.3 is 0 Å². The second kappa shape index (κ2) is 7.21. The molecule has 1 aromatic rings. The van der Waals surface area contributed by atoms with Crippen LogP contribution < -0.4 is 5.73 Å². The number of hydrogen-bond donors (Lipinski definition) is 0. The van der Waals surface area contributed by atoms with Gasteiger partial charge in [-0.1, -0.05) is 30.7 Å². The highest BCUT2D eigenvalue weighted by Crippen LogP contribution is 1.95. The predicted molar refractivity (Wildman–Crippen MR) is 72.7 cm³/mol. The van der Waals surface area contributed by atoms with Crippen molar-refractivity contribution in [2.45, 2.75) is 13.0 Å². The minimum Gasteiger partial charge on any atom is -0.251 e. The van der Waals surface area contributed by atoms with Gasteiger partial charge in [-0.3, -0.25) is 5.73 Å². The molecule has 2 nitrogen and oxygen atoms in total. The van der Waals surface area contributed by atoms with Crippen LogP contribution in [0.5, 0.6) is 0 Å². The van der Waals surface area contributed by atoms with Crippen molar-refractivity contribution in [1.29, 1.82) is 0 Å². The van der Waals surface area contributed by atoms with Crippen LogP contribution in [-0.2, 0) is 0 Å². The lowest BCUT2D eigenvalue weighted by atomic mass is 10.2. The molecule has 0 aliphatic rings. The first-order chi connectivity index (χ1) is 8.22. The minimum absolute atomic E-state index is 0.258. The molecule has 17 heavy (non-hydrogen) atoms. The summed E-state index contributed by atoms with van der Waals surface area (Å²) in [6.45, 7) is 5.43. The molecule has 1 atom stereocenters. The van der Waals surface area contributed by atoms with Gasteiger partial charge in [-0.15, -0.1) is 0 Å². The molecular weight excluding hydrogens is 208 g/mol. The smallest absolute Gasteiger partial charge is 0.112 e. The predicted octanol–water partition coefficient (Wildman–Crippen LogP) is 2.85. The van der Waals surface area contributed by atoms with E-state index in [4.69, 9.17) is 5.73 Å². The zero-order chi connectivity index (χ0) is 12.5. The molecule has 0 heterocycles. The highest BCUT2D eigenvalue weighted by atomic mass is 14.7. The third-order valence-electron chi connectivity index (χ3n) is 1.89. The molecule has 0 aromatic heterocycles. The molecule has 0 aliphatic heterocycles. The molecule has 1 N–H and O–H groups in total. The Kier molecular flexibility index (Phi) is 5.50. The van der Waals surface area contributed by atoms with Crippen LogP contribution in [-0.4, -0.2) is 11.8 Å². The summed E-state index contributed by atoms with van der Waals surface area (Å²) in [4.78, 5) is 4.12. The Labute approximate surface area is 103 Å². The average Bonchev–Trinajstić information content (AvgIpc) is 2.34. The first-order valence-electron chi connectivity index (χ1n) is 5.37. The van der Waals surface area contributed by atoms with Gasteiger partial charge in [0.25, 0.3) is 0 Å². The topological polar surface area (TPSA) is 36.2 Å². The quantitative estimate of drug-likeness (QED) is 0.558. The number of aliphatic imine (C=N–C) groups is 1. The van der Waals surface area contributed by atoms with Crippen molar-refractivity contribution >= 4 is 5.71 Å². The summed E-state index contributed by atoms with van der Waals surface area (Å²) in [5, 5.41) is 0. The molecular formula is C15H15N2. The first-order valence-corrected chi connectivity index (χ1v) is 5.37. The van der Waals surface area contributed by atoms with Crippen molar-refractivity contribution in [2.75, 3.05) is 0 Å². The van der Waals surface area contributed by atoms with Crippen LogP contribution in [0.1, 0.15) is 12.5 Å². The first kappa shape index (κ1) is 13.0. The Morgan fingerprint density at radius 1 is 1.41 bits per heavy atom. The van der Waals surface area contributed by atoms with Gasteiger partial charge in [0.05, 0.1) is 0 Å². The lowest BCUT2D eigenvalue weighted by molar-refractivity contribution is 0.888. The number of nitrogens with zero attached hydrogens (tertiary/aromatic N) is 1. The monoisotopic (exact) mass is 223 g/mol. The zero-order valence-corrected chi connectivity index (χ0v) is 9.85. The van der Waals surface area contributed by atoms with E-state index in [-0.39, 0.29) is 6.04 Å². The van der Waals surface area contributed by atoms with Gasteiger partial charge in [-0.2, -0.15) is 0 Å². The van der Waals surface area contributed by atoms with Gasteiger partial charge in [-0.05, 0) is 37.1 Å². The molecule has 1 rings (SSSR count). The second-order valence-corrected chi connectivity index (χ2v) is 3.46. The van der Waals surface area contributed by atoms with Crippen molar-refractivity contribution in [3.8, 4) is 11.8 Å². The Bertz CT molecular complexity index is 471. The van der Waals surface area contributed by atoms with E-state index in [0.717, 1.165) is 5.56 Å². The maximum Gasteiger partial charge on any atom is 0.112 e. The summed E-state index contributed by atoms with van der Waals surface area (Å²) in [5.74, 6) is 5.93. The Balaban J connectivity index is 2.78. The standard InChI is InChI=1S/C15H15N2/c1-3-15(17-12-11-13(2)16)10-9-14-7-5-4-6-8-14/h3-8,11-13,16H,1H2,2H3/b12-11+,17-15?. The summed E-state index contributed by atoms with van der Waals surface area (Å²) >= 11 is 0. The number of nitrogens with one attached hydrogen (secondary N) is 1. The fourth-order valence-electron chi connectivity index (χ4n) is 1.05. The molecule has 0 aliphatic carbocycles. The fourth-order valence-corrected chi connectivity index (χ4v) is 1.05. The van der Waals surface area contributed by atoms with E-state index in [1.165, 1.54) is 0 Å². The van der Waals surface area contributed by atoms with Crippen LogP contribution >= 0.6 is 0 Å². The lowest BCUT2D eigenvalue weighted by Crippen LogP contribution is -1.95. The Morgan fingerprint density at radius 3 is 2.71 bits per heavy atom. The highest BCUT2D eigenvalue weighted by molar-refractivity contribution is 6.09. The molecule has 0 saturated heterocycles. The lowest BCUT2D eigenvalue weighted by Gasteiger charge is -1.90. The van der Waals surface area contributed by atoms with Crippen molar-refractivity contribution in [3.63, 3.8) is 0 Å². The van der Waals surface area contributed by atoms with Gasteiger partial charge in [0, 0.05) is 17.8 Å². The number of hydrogen-bond acceptors (Lipinski definition) is 1. The third kappa shape index (κ3) is 5.50. The van der Waals surface area contributed by atoms with E-state index in [9.17, 15) is 0 Å². The van der Waals surface area contributed by atoms with Crippen molar-refractivity contribution in [3.05, 3.63) is 60.8 Å². The van der Waals surface area contributed by atoms with Crippen molar-refractivity contribution < 1.29 is 0 Å². The highest BCUT2D eigenvalue weighted by Gasteiger charge is 1.86. The maximum atomic E-state index is 7.30. The molecule has 1 aromatic carbocycles. The van der Waals surface area contributed by atoms with E-state index in [2.05, 4.69) is 23.4 Å². The molecule has 1 radical (unpaired) electrons. The van der Waals surface area contributed by atoms with Crippen LogP contribution in [0, 0.1) is 11.8 Å². The summed E-state index contributed by atoms with van der Waals surface area (Å²) in [6.07, 6.45) is 4.89. The van der Waals surface area contributed by atoms with Crippen molar-refractivity contribution in [1.82, 2.24) is 5.73 Å². The molecule has 1 unspecified atom stereocenters. The average molecular weight is 223 g/mol. The molecule has 0 spiro atoms. The van der Waals surface area contributed by atoms with E-state index < -0.39 is 0 Å². The molecule has 0 bridgehead atoms. The van der Waals surface area contributed by atoms with E-state index in [1.807, 2.05) is 30.3 Å². The largest absolute Gasteiger partial charge is 0.251 e. The van der Waals surface area contributed by atoms with Crippen LogP contribution in [0.4, 0.5) is 0 Å². The number of allylic oxidation sites excluding steroid dienone is 1. The molecule has 0 saturated carbocycles. The second-order valence-electron chi connectivity index (χ2n) is 3.46. The van der Waals surface area contributed by atoms with Crippen LogP contribution in [0.2, 0.25) is 0 Å². The zero-order valence-electron chi connectivity index (χ0n) is 9.85. The van der Waals surface area contributed by atoms with Crippen molar-refractivity contribution in [2.24, 2.45) is 4.99 Å². The number of benzene rings is 1. The van der Waals surface area contributed by atoms with Gasteiger partial charge in [-0.25, -0.2) is 4.99 Å². The Hall–Kier alpha value is -2.11. The molecule has 0 amide bonds. The summed E-state index contributed by atoms with van der Waals surface area (Å²) < 4.78 is 0. The molecule has 2 heteroatoms. The maximum absolute atomic E-state index is 7.30. The summed E-state index contributed by atoms with van der Waals surface area (Å²) in [7, 11) is 0.